The summed E-state index contributed by atoms with van der Waals surface area (Å²) in [6.07, 6.45) is -3.51. The molecule has 4 rings (SSSR count). The molecule has 0 atom stereocenters. The number of aromatic nitrogens is 4. The molecule has 1 aliphatic rings. The lowest BCUT2D eigenvalue weighted by atomic mass is 9.96. The van der Waals surface area contributed by atoms with E-state index in [4.69, 9.17) is 4.74 Å². The first-order valence-electron chi connectivity index (χ1n) is 9.93. The third-order valence-electron chi connectivity index (χ3n) is 5.12. The maximum atomic E-state index is 13.1. The summed E-state index contributed by atoms with van der Waals surface area (Å²) in [5.74, 6) is -0.297. The van der Waals surface area contributed by atoms with E-state index in [-0.39, 0.29) is 17.5 Å². The second-order valence-electron chi connectivity index (χ2n) is 7.19. The number of fused-ring (bicyclic) bond motifs is 1. The van der Waals surface area contributed by atoms with Gasteiger partial charge in [0.25, 0.3) is 5.82 Å². The highest BCUT2D eigenvalue weighted by Gasteiger charge is 2.38. The summed E-state index contributed by atoms with van der Waals surface area (Å²) in [6.45, 7) is 3.48. The average molecular weight is 434 g/mol. The lowest BCUT2D eigenvalue weighted by Crippen LogP contribution is -2.38. The quantitative estimate of drug-likeness (QED) is 0.663. The highest BCUT2D eigenvalue weighted by Crippen LogP contribution is 2.29. The van der Waals surface area contributed by atoms with E-state index in [0.29, 0.717) is 48.6 Å². The van der Waals surface area contributed by atoms with Gasteiger partial charge in [0, 0.05) is 24.7 Å². The van der Waals surface area contributed by atoms with Crippen molar-refractivity contribution >= 4 is 23.1 Å². The monoisotopic (exact) mass is 434 g/mol. The Bertz CT molecular complexity index is 1060. The molecule has 0 aliphatic carbocycles. The molecule has 8 nitrogen and oxygen atoms in total. The molecule has 1 N–H and O–H groups in total. The van der Waals surface area contributed by atoms with E-state index >= 15 is 0 Å². The van der Waals surface area contributed by atoms with Crippen molar-refractivity contribution in [2.24, 2.45) is 5.92 Å². The molecular formula is C20H21F3N6O2. The van der Waals surface area contributed by atoms with Gasteiger partial charge in [-0.1, -0.05) is 0 Å². The van der Waals surface area contributed by atoms with Gasteiger partial charge in [-0.3, -0.25) is 4.79 Å². The van der Waals surface area contributed by atoms with Crippen LogP contribution in [0.2, 0.25) is 0 Å². The fourth-order valence-corrected chi connectivity index (χ4v) is 3.54. The predicted molar refractivity (Wildman–Crippen MR) is 107 cm³/mol. The first kappa shape index (κ1) is 20.9. The Balaban J connectivity index is 1.38. The number of carbonyl (C=O) groups excluding carboxylic acids is 1. The van der Waals surface area contributed by atoms with Crippen LogP contribution >= 0.6 is 0 Å². The van der Waals surface area contributed by atoms with Gasteiger partial charge in [0.1, 0.15) is 11.6 Å². The van der Waals surface area contributed by atoms with Crippen LogP contribution in [0.3, 0.4) is 0 Å². The molecular weight excluding hydrogens is 413 g/mol. The third kappa shape index (κ3) is 4.54. The van der Waals surface area contributed by atoms with Gasteiger partial charge in [0.2, 0.25) is 5.91 Å². The molecule has 3 heterocycles. The Morgan fingerprint density at radius 1 is 1.13 bits per heavy atom. The van der Waals surface area contributed by atoms with E-state index in [1.54, 1.807) is 30.3 Å². The van der Waals surface area contributed by atoms with Crippen LogP contribution in [0.4, 0.5) is 24.7 Å². The maximum Gasteiger partial charge on any atom is 0.453 e. The minimum absolute atomic E-state index is 0.0284. The lowest BCUT2D eigenvalue weighted by molar-refractivity contribution is -0.146. The van der Waals surface area contributed by atoms with Crippen molar-refractivity contribution in [3.05, 3.63) is 42.2 Å². The summed E-state index contributed by atoms with van der Waals surface area (Å²) in [6, 6.07) is 10.2. The number of anilines is 2. The van der Waals surface area contributed by atoms with Gasteiger partial charge >= 0.3 is 6.18 Å². The summed E-state index contributed by atoms with van der Waals surface area (Å²) in [5.41, 5.74) is 0.719. The number of benzene rings is 1. The van der Waals surface area contributed by atoms with E-state index < -0.39 is 12.0 Å². The number of amides is 1. The van der Waals surface area contributed by atoms with Gasteiger partial charge in [-0.25, -0.2) is 0 Å². The highest BCUT2D eigenvalue weighted by atomic mass is 19.4. The van der Waals surface area contributed by atoms with Crippen LogP contribution in [-0.4, -0.2) is 45.4 Å². The number of piperidine rings is 1. The van der Waals surface area contributed by atoms with Gasteiger partial charge < -0.3 is 15.0 Å². The van der Waals surface area contributed by atoms with Crippen LogP contribution < -0.4 is 15.0 Å². The summed E-state index contributed by atoms with van der Waals surface area (Å²) in [5, 5.41) is 13.7. The number of nitrogens with zero attached hydrogens (tertiary/aromatic N) is 5. The second-order valence-corrected chi connectivity index (χ2v) is 7.19. The average Bonchev–Trinajstić information content (AvgIpc) is 3.19. The zero-order chi connectivity index (χ0) is 22.0. The normalized spacial score (nSPS) is 15.3. The Morgan fingerprint density at radius 3 is 2.48 bits per heavy atom. The minimum Gasteiger partial charge on any atom is -0.494 e. The number of rotatable bonds is 5. The maximum absolute atomic E-state index is 13.1. The van der Waals surface area contributed by atoms with Crippen molar-refractivity contribution in [1.29, 1.82) is 0 Å². The van der Waals surface area contributed by atoms with Crippen molar-refractivity contribution in [3.63, 3.8) is 0 Å². The first-order chi connectivity index (χ1) is 14.8. The Labute approximate surface area is 176 Å². The number of hydrogen-bond donors (Lipinski definition) is 1. The fourth-order valence-electron chi connectivity index (χ4n) is 3.54. The lowest BCUT2D eigenvalue weighted by Gasteiger charge is -2.32. The van der Waals surface area contributed by atoms with Gasteiger partial charge in [-0.15, -0.1) is 15.3 Å². The van der Waals surface area contributed by atoms with Crippen molar-refractivity contribution in [2.75, 3.05) is 29.9 Å². The van der Waals surface area contributed by atoms with Crippen LogP contribution in [-0.2, 0) is 11.0 Å². The van der Waals surface area contributed by atoms with Crippen molar-refractivity contribution in [3.8, 4) is 5.75 Å². The summed E-state index contributed by atoms with van der Waals surface area (Å²) >= 11 is 0. The second kappa shape index (κ2) is 8.40. The molecule has 0 bridgehead atoms. The molecule has 0 unspecified atom stereocenters. The molecule has 1 aromatic carbocycles. The number of halogens is 3. The molecule has 11 heteroatoms. The smallest absolute Gasteiger partial charge is 0.453 e. The minimum atomic E-state index is -4.64. The van der Waals surface area contributed by atoms with Gasteiger partial charge in [-0.2, -0.15) is 17.7 Å². The van der Waals surface area contributed by atoms with Gasteiger partial charge in [-0.05, 0) is 56.2 Å². The summed E-state index contributed by atoms with van der Waals surface area (Å²) in [4.78, 5) is 14.5. The van der Waals surface area contributed by atoms with E-state index in [0.717, 1.165) is 5.75 Å². The molecule has 1 amide bonds. The third-order valence-corrected chi connectivity index (χ3v) is 5.12. The van der Waals surface area contributed by atoms with Crippen molar-refractivity contribution in [2.45, 2.75) is 25.9 Å². The number of carbonyl (C=O) groups is 1. The van der Waals surface area contributed by atoms with E-state index in [1.807, 2.05) is 11.8 Å². The Kier molecular flexibility index (Phi) is 5.66. The largest absolute Gasteiger partial charge is 0.494 e. The zero-order valence-electron chi connectivity index (χ0n) is 16.8. The predicted octanol–water partition coefficient (Wildman–Crippen LogP) is 3.40. The molecule has 0 saturated carbocycles. The molecule has 2 aromatic heterocycles. The molecule has 1 aliphatic heterocycles. The summed E-state index contributed by atoms with van der Waals surface area (Å²) < 4.78 is 45.3. The Hall–Kier alpha value is -3.37. The van der Waals surface area contributed by atoms with Crippen molar-refractivity contribution in [1.82, 2.24) is 19.8 Å². The van der Waals surface area contributed by atoms with Gasteiger partial charge in [0.05, 0.1) is 6.61 Å². The molecule has 164 valence electrons. The first-order valence-corrected chi connectivity index (χ1v) is 9.93. The van der Waals surface area contributed by atoms with E-state index in [2.05, 4.69) is 20.6 Å². The standard InChI is InChI=1S/C20H21F3N6O2/c1-2-31-15-5-3-14(4-6-15)24-18(30)13-9-11-28(12-10-13)17-8-7-16-25-26-19(20(21,22)23)29(16)27-17/h3-8,13H,2,9-12H2,1H3,(H,24,30). The van der Waals surface area contributed by atoms with Crippen LogP contribution in [0, 0.1) is 5.92 Å². The fraction of sp³-hybridized carbons (Fsp3) is 0.400. The highest BCUT2D eigenvalue weighted by molar-refractivity contribution is 5.92. The molecule has 3 aromatic rings. The topological polar surface area (TPSA) is 84.6 Å². The van der Waals surface area contributed by atoms with Crippen LogP contribution in [0.25, 0.3) is 5.65 Å². The molecule has 1 fully saturated rings. The number of nitrogens with one attached hydrogen (secondary N) is 1. The molecule has 0 radical (unpaired) electrons. The van der Waals surface area contributed by atoms with Crippen LogP contribution in [0.5, 0.6) is 5.75 Å². The van der Waals surface area contributed by atoms with E-state index in [1.165, 1.54) is 6.07 Å². The van der Waals surface area contributed by atoms with Crippen molar-refractivity contribution < 1.29 is 22.7 Å². The number of hydrogen-bond acceptors (Lipinski definition) is 6. The summed E-state index contributed by atoms with van der Waals surface area (Å²) in [7, 11) is 0. The molecule has 1 saturated heterocycles. The van der Waals surface area contributed by atoms with Gasteiger partial charge in [0.15, 0.2) is 5.65 Å². The molecule has 31 heavy (non-hydrogen) atoms. The van der Waals surface area contributed by atoms with Crippen LogP contribution in [0.15, 0.2) is 36.4 Å². The number of alkyl halides is 3. The Morgan fingerprint density at radius 2 is 1.84 bits per heavy atom. The van der Waals surface area contributed by atoms with E-state index in [9.17, 15) is 18.0 Å². The SMILES string of the molecule is CCOc1ccc(NC(=O)C2CCN(c3ccc4nnc(C(F)(F)F)n4n3)CC2)cc1. The molecule has 0 spiro atoms. The zero-order valence-corrected chi connectivity index (χ0v) is 16.8. The number of ether oxygens (including phenoxy) is 1. The van der Waals surface area contributed by atoms with Crippen LogP contribution in [0.1, 0.15) is 25.6 Å².